The van der Waals surface area contributed by atoms with Gasteiger partial charge in [0.2, 0.25) is 5.91 Å². The number of hydrogen-bond acceptors (Lipinski definition) is 3. The van der Waals surface area contributed by atoms with E-state index >= 15 is 0 Å². The van der Waals surface area contributed by atoms with Crippen molar-refractivity contribution in [2.24, 2.45) is 0 Å². The molecule has 31 heavy (non-hydrogen) atoms. The number of benzene rings is 2. The number of hydrogen-bond donors (Lipinski definition) is 3. The zero-order chi connectivity index (χ0) is 21.8. The number of rotatable bonds is 6. The molecular weight excluding hydrogens is 435 g/mol. The van der Waals surface area contributed by atoms with Crippen LogP contribution in [0.1, 0.15) is 31.2 Å². The van der Waals surface area contributed by atoms with Crippen LogP contribution in [0.3, 0.4) is 0 Å². The fourth-order valence-corrected chi connectivity index (χ4v) is 4.95. The van der Waals surface area contributed by atoms with Gasteiger partial charge in [0.05, 0.1) is 6.54 Å². The van der Waals surface area contributed by atoms with Crippen molar-refractivity contribution in [2.45, 2.75) is 50.4 Å². The normalized spacial score (nSPS) is 22.7. The Kier molecular flexibility index (Phi) is 7.00. The number of nitrogens with one attached hydrogen (secondary N) is 3. The molecule has 0 spiro atoms. The van der Waals surface area contributed by atoms with Crippen LogP contribution in [0.4, 0.5) is 10.5 Å². The lowest BCUT2D eigenvalue weighted by Crippen LogP contribution is -2.51. The van der Waals surface area contributed by atoms with E-state index in [1.165, 1.54) is 5.56 Å². The minimum Gasteiger partial charge on any atom is -0.352 e. The van der Waals surface area contributed by atoms with Gasteiger partial charge in [-0.1, -0.05) is 41.4 Å². The lowest BCUT2D eigenvalue weighted by Gasteiger charge is -2.39. The maximum Gasteiger partial charge on any atom is 0.319 e. The zero-order valence-electron chi connectivity index (χ0n) is 17.1. The van der Waals surface area contributed by atoms with Gasteiger partial charge in [0, 0.05) is 40.4 Å². The van der Waals surface area contributed by atoms with E-state index in [0.29, 0.717) is 22.8 Å². The number of anilines is 1. The van der Waals surface area contributed by atoms with Gasteiger partial charge in [-0.15, -0.1) is 0 Å². The van der Waals surface area contributed by atoms with E-state index in [1.54, 1.807) is 24.3 Å². The summed E-state index contributed by atoms with van der Waals surface area (Å²) in [4.78, 5) is 26.9. The minimum atomic E-state index is -0.435. The molecule has 0 aliphatic carbocycles. The van der Waals surface area contributed by atoms with Crippen LogP contribution >= 0.6 is 23.2 Å². The molecule has 2 aromatic carbocycles. The molecule has 0 aromatic heterocycles. The Hall–Kier alpha value is -2.28. The minimum absolute atomic E-state index is 0.0628. The first-order valence-corrected chi connectivity index (χ1v) is 11.3. The molecule has 2 bridgehead atoms. The molecule has 0 saturated carbocycles. The maximum absolute atomic E-state index is 12.4. The largest absolute Gasteiger partial charge is 0.352 e. The molecule has 0 unspecified atom stereocenters. The Bertz CT molecular complexity index is 923. The number of piperidine rings is 1. The summed E-state index contributed by atoms with van der Waals surface area (Å²) in [5, 5.41) is 9.65. The topological polar surface area (TPSA) is 73.5 Å². The molecule has 4 rings (SSSR count). The molecule has 3 amide bonds. The molecule has 2 heterocycles. The smallest absolute Gasteiger partial charge is 0.319 e. The lowest BCUT2D eigenvalue weighted by atomic mass is 9.96. The molecule has 3 atom stereocenters. The van der Waals surface area contributed by atoms with Crippen LogP contribution in [0, 0.1) is 0 Å². The summed E-state index contributed by atoms with van der Waals surface area (Å²) in [6.45, 7) is 0.852. The third-order valence-electron chi connectivity index (χ3n) is 6.02. The summed E-state index contributed by atoms with van der Waals surface area (Å²) in [7, 11) is 0. The number of carbonyl (C=O) groups is 2. The second-order valence-electron chi connectivity index (χ2n) is 8.24. The predicted octanol–water partition coefficient (Wildman–Crippen LogP) is 4.43. The van der Waals surface area contributed by atoms with Gasteiger partial charge >= 0.3 is 6.03 Å². The van der Waals surface area contributed by atoms with Gasteiger partial charge in [-0.25, -0.2) is 4.79 Å². The molecule has 2 aromatic rings. The Balaban J connectivity index is 1.22. The fourth-order valence-electron chi connectivity index (χ4n) is 4.63. The molecule has 2 aliphatic heterocycles. The van der Waals surface area contributed by atoms with Crippen LogP contribution < -0.4 is 16.0 Å². The predicted molar refractivity (Wildman–Crippen MR) is 123 cm³/mol. The van der Waals surface area contributed by atoms with Crippen molar-refractivity contribution in [1.29, 1.82) is 0 Å². The molecule has 2 fully saturated rings. The molecule has 2 aliphatic rings. The molecule has 3 N–H and O–H groups in total. The highest BCUT2D eigenvalue weighted by Gasteiger charge is 2.40. The molecular formula is C23H26Cl2N4O2. The molecule has 2 saturated heterocycles. The van der Waals surface area contributed by atoms with Crippen LogP contribution in [0.2, 0.25) is 10.0 Å². The average Bonchev–Trinajstić information content (AvgIpc) is 2.96. The van der Waals surface area contributed by atoms with Gasteiger partial charge in [0.15, 0.2) is 0 Å². The summed E-state index contributed by atoms with van der Waals surface area (Å²) >= 11 is 11.9. The van der Waals surface area contributed by atoms with Crippen LogP contribution in [-0.2, 0) is 11.3 Å². The van der Waals surface area contributed by atoms with Gasteiger partial charge in [0.25, 0.3) is 0 Å². The second kappa shape index (κ2) is 9.90. The first-order valence-electron chi connectivity index (χ1n) is 10.6. The first-order chi connectivity index (χ1) is 15.0. The summed E-state index contributed by atoms with van der Waals surface area (Å²) in [5.74, 6) is -0.170. The second-order valence-corrected chi connectivity index (χ2v) is 9.11. The van der Waals surface area contributed by atoms with Crippen molar-refractivity contribution in [3.05, 3.63) is 64.1 Å². The number of halogens is 2. The Morgan fingerprint density at radius 3 is 2.35 bits per heavy atom. The van der Waals surface area contributed by atoms with E-state index in [4.69, 9.17) is 23.2 Å². The summed E-state index contributed by atoms with van der Waals surface area (Å²) in [5.41, 5.74) is 1.84. The third kappa shape index (κ3) is 5.91. The van der Waals surface area contributed by atoms with Crippen LogP contribution in [0.15, 0.2) is 48.5 Å². The van der Waals surface area contributed by atoms with Crippen molar-refractivity contribution in [1.82, 2.24) is 15.5 Å². The summed E-state index contributed by atoms with van der Waals surface area (Å²) < 4.78 is 0. The lowest BCUT2D eigenvalue weighted by molar-refractivity contribution is -0.121. The number of fused-ring (bicyclic) bond motifs is 2. The van der Waals surface area contributed by atoms with Crippen molar-refractivity contribution in [3.63, 3.8) is 0 Å². The van der Waals surface area contributed by atoms with Gasteiger partial charge in [-0.05, 0) is 61.6 Å². The Morgan fingerprint density at radius 2 is 1.68 bits per heavy atom. The van der Waals surface area contributed by atoms with E-state index in [2.05, 4.69) is 33.0 Å². The van der Waals surface area contributed by atoms with E-state index in [-0.39, 0.29) is 18.5 Å². The maximum atomic E-state index is 12.4. The number of urea groups is 1. The SMILES string of the molecule is O=C(CNC(=O)Nc1cccc(Cl)c1)N[C@H]1C[C@H]2CC[C@@H](C1)N2Cc1ccc(Cl)cc1. The van der Waals surface area contributed by atoms with Crippen molar-refractivity contribution < 1.29 is 9.59 Å². The summed E-state index contributed by atoms with van der Waals surface area (Å²) in [6, 6.07) is 15.5. The standard InChI is InChI=1S/C23H26Cl2N4O2/c24-16-6-4-15(5-7-16)14-29-20-8-9-21(29)12-19(11-20)27-22(30)13-26-23(31)28-18-3-1-2-17(25)10-18/h1-7,10,19-21H,8-9,11-14H2,(H,27,30)(H2,26,28,31)/t19-,20+,21-. The van der Waals surface area contributed by atoms with Gasteiger partial charge in [0.1, 0.15) is 0 Å². The number of nitrogens with zero attached hydrogens (tertiary/aromatic N) is 1. The highest BCUT2D eigenvalue weighted by Crippen LogP contribution is 2.36. The zero-order valence-corrected chi connectivity index (χ0v) is 18.6. The molecule has 0 radical (unpaired) electrons. The van der Waals surface area contributed by atoms with Gasteiger partial charge in [-0.3, -0.25) is 9.69 Å². The van der Waals surface area contributed by atoms with Crippen molar-refractivity contribution in [3.8, 4) is 0 Å². The van der Waals surface area contributed by atoms with Crippen LogP contribution in [0.25, 0.3) is 0 Å². The monoisotopic (exact) mass is 460 g/mol. The first kappa shape index (κ1) is 21.9. The molecule has 8 heteroatoms. The van der Waals surface area contributed by atoms with Crippen molar-refractivity contribution >= 4 is 40.8 Å². The van der Waals surface area contributed by atoms with Crippen LogP contribution in [0.5, 0.6) is 0 Å². The van der Waals surface area contributed by atoms with E-state index in [1.807, 2.05) is 12.1 Å². The Morgan fingerprint density at radius 1 is 0.968 bits per heavy atom. The highest BCUT2D eigenvalue weighted by molar-refractivity contribution is 6.31. The fraction of sp³-hybridized carbons (Fsp3) is 0.391. The van der Waals surface area contributed by atoms with Gasteiger partial charge < -0.3 is 16.0 Å². The van der Waals surface area contributed by atoms with E-state index in [0.717, 1.165) is 37.3 Å². The van der Waals surface area contributed by atoms with Gasteiger partial charge in [-0.2, -0.15) is 0 Å². The average molecular weight is 461 g/mol. The van der Waals surface area contributed by atoms with Crippen molar-refractivity contribution in [2.75, 3.05) is 11.9 Å². The number of carbonyl (C=O) groups excluding carboxylic acids is 2. The highest BCUT2D eigenvalue weighted by atomic mass is 35.5. The third-order valence-corrected chi connectivity index (χ3v) is 6.51. The van der Waals surface area contributed by atoms with E-state index in [9.17, 15) is 9.59 Å². The van der Waals surface area contributed by atoms with E-state index < -0.39 is 6.03 Å². The van der Waals surface area contributed by atoms with Crippen LogP contribution in [-0.4, -0.2) is 41.5 Å². The summed E-state index contributed by atoms with van der Waals surface area (Å²) in [6.07, 6.45) is 4.19. The quantitative estimate of drug-likeness (QED) is 0.596. The molecule has 6 nitrogen and oxygen atoms in total. The Labute approximate surface area is 192 Å². The number of amides is 3. The molecule has 164 valence electrons.